The van der Waals surface area contributed by atoms with E-state index in [1.165, 1.54) is 21.1 Å². The Kier molecular flexibility index (Phi) is 4.74. The molecule has 1 amide bonds. The average Bonchev–Trinajstić information content (AvgIpc) is 3.10. The van der Waals surface area contributed by atoms with Crippen molar-refractivity contribution in [2.45, 2.75) is 25.9 Å². The average molecular weight is 359 g/mol. The van der Waals surface area contributed by atoms with Crippen LogP contribution in [0.5, 0.6) is 0 Å². The first-order valence-electron chi connectivity index (χ1n) is 7.46. The predicted molar refractivity (Wildman–Crippen MR) is 91.5 cm³/mol. The molecule has 0 atom stereocenters. The molecule has 0 aliphatic heterocycles. The number of tetrazole rings is 1. The van der Waals surface area contributed by atoms with Crippen LogP contribution in [0, 0.1) is 20.8 Å². The minimum absolute atomic E-state index is 0.173. The summed E-state index contributed by atoms with van der Waals surface area (Å²) in [7, 11) is 1.72. The van der Waals surface area contributed by atoms with Crippen LogP contribution < -0.4 is 5.32 Å². The Morgan fingerprint density at radius 2 is 1.88 bits per heavy atom. The second kappa shape index (κ2) is 6.97. The van der Waals surface area contributed by atoms with Crippen molar-refractivity contribution in [3.63, 3.8) is 0 Å². The highest BCUT2D eigenvalue weighted by atomic mass is 32.2. The van der Waals surface area contributed by atoms with E-state index < -0.39 is 0 Å². The van der Waals surface area contributed by atoms with Gasteiger partial charge >= 0.3 is 0 Å². The van der Waals surface area contributed by atoms with Crippen molar-refractivity contribution in [3.05, 3.63) is 29.2 Å². The molecular formula is C14H17N9OS. The van der Waals surface area contributed by atoms with Crippen molar-refractivity contribution in [1.29, 1.82) is 0 Å². The number of rotatable bonds is 5. The van der Waals surface area contributed by atoms with Crippen LogP contribution in [0.4, 0.5) is 5.82 Å². The minimum atomic E-state index is -0.196. The zero-order valence-electron chi connectivity index (χ0n) is 14.3. The molecule has 130 valence electrons. The van der Waals surface area contributed by atoms with E-state index in [-0.39, 0.29) is 11.7 Å². The molecule has 0 saturated carbocycles. The van der Waals surface area contributed by atoms with E-state index in [2.05, 4.69) is 35.9 Å². The summed E-state index contributed by atoms with van der Waals surface area (Å²) in [4.78, 5) is 21.0. The lowest BCUT2D eigenvalue weighted by molar-refractivity contribution is -0.113. The molecule has 0 spiro atoms. The number of aromatic nitrogens is 8. The number of thioether (sulfide) groups is 1. The summed E-state index contributed by atoms with van der Waals surface area (Å²) in [6.45, 7) is 5.62. The second-order valence-corrected chi connectivity index (χ2v) is 6.40. The third kappa shape index (κ3) is 3.99. The quantitative estimate of drug-likeness (QED) is 0.666. The molecule has 3 aromatic rings. The summed E-state index contributed by atoms with van der Waals surface area (Å²) in [6.07, 6.45) is 0. The van der Waals surface area contributed by atoms with Crippen LogP contribution >= 0.6 is 11.8 Å². The number of nitrogens with zero attached hydrogens (tertiary/aromatic N) is 8. The van der Waals surface area contributed by atoms with Gasteiger partial charge in [-0.2, -0.15) is 9.78 Å². The summed E-state index contributed by atoms with van der Waals surface area (Å²) in [5.41, 5.74) is 2.42. The number of hydrogen-bond acceptors (Lipinski definition) is 8. The SMILES string of the molecule is Cc1cc(C)nc(-n2nc(C)cc2NC(=O)CSc2nnnn2C)n1. The highest BCUT2D eigenvalue weighted by Crippen LogP contribution is 2.17. The number of hydrogen-bond donors (Lipinski definition) is 1. The summed E-state index contributed by atoms with van der Waals surface area (Å²) in [6, 6.07) is 3.65. The van der Waals surface area contributed by atoms with Crippen LogP contribution in [-0.4, -0.2) is 51.6 Å². The Morgan fingerprint density at radius 3 is 2.52 bits per heavy atom. The fourth-order valence-corrected chi connectivity index (χ4v) is 2.85. The molecule has 1 N–H and O–H groups in total. The third-order valence-corrected chi connectivity index (χ3v) is 4.18. The smallest absolute Gasteiger partial charge is 0.252 e. The van der Waals surface area contributed by atoms with Crippen LogP contribution in [0.15, 0.2) is 17.3 Å². The Balaban J connectivity index is 1.76. The van der Waals surface area contributed by atoms with Crippen LogP contribution in [0.2, 0.25) is 0 Å². The van der Waals surface area contributed by atoms with Crippen LogP contribution in [0.25, 0.3) is 5.95 Å². The largest absolute Gasteiger partial charge is 0.310 e. The molecule has 0 aliphatic carbocycles. The van der Waals surface area contributed by atoms with Gasteiger partial charge in [0, 0.05) is 24.5 Å². The highest BCUT2D eigenvalue weighted by Gasteiger charge is 2.14. The van der Waals surface area contributed by atoms with Crippen molar-refractivity contribution >= 4 is 23.5 Å². The number of anilines is 1. The maximum Gasteiger partial charge on any atom is 0.252 e. The van der Waals surface area contributed by atoms with E-state index in [9.17, 15) is 4.79 Å². The fourth-order valence-electron chi connectivity index (χ4n) is 2.20. The molecule has 0 fully saturated rings. The standard InChI is InChI=1S/C14H17N9OS/c1-8-5-9(2)16-13(15-8)23-11(6-10(3)19-23)17-12(24)7-25-14-18-20-21-22(14)4/h5-6H,7H2,1-4H3,(H,17,24). The van der Waals surface area contributed by atoms with Crippen LogP contribution in [-0.2, 0) is 11.8 Å². The lowest BCUT2D eigenvalue weighted by Crippen LogP contribution is -2.18. The van der Waals surface area contributed by atoms with Crippen molar-refractivity contribution in [2.75, 3.05) is 11.1 Å². The zero-order valence-corrected chi connectivity index (χ0v) is 15.1. The second-order valence-electron chi connectivity index (χ2n) is 5.46. The fraction of sp³-hybridized carbons (Fsp3) is 0.357. The summed E-state index contributed by atoms with van der Waals surface area (Å²) >= 11 is 1.25. The number of amides is 1. The molecule has 3 rings (SSSR count). The molecule has 0 bridgehead atoms. The van der Waals surface area contributed by atoms with E-state index in [0.29, 0.717) is 16.9 Å². The van der Waals surface area contributed by atoms with E-state index in [1.54, 1.807) is 13.1 Å². The summed E-state index contributed by atoms with van der Waals surface area (Å²) < 4.78 is 3.04. The molecule has 0 aromatic carbocycles. The monoisotopic (exact) mass is 359 g/mol. The van der Waals surface area contributed by atoms with Crippen molar-refractivity contribution in [2.24, 2.45) is 7.05 Å². The normalized spacial score (nSPS) is 10.9. The number of carbonyl (C=O) groups is 1. The van der Waals surface area contributed by atoms with Gasteiger partial charge in [0.2, 0.25) is 11.1 Å². The Morgan fingerprint density at radius 1 is 1.16 bits per heavy atom. The maximum absolute atomic E-state index is 12.3. The van der Waals surface area contributed by atoms with E-state index in [0.717, 1.165) is 17.1 Å². The first kappa shape index (κ1) is 17.0. The summed E-state index contributed by atoms with van der Waals surface area (Å²) in [5, 5.41) is 18.9. The number of aryl methyl sites for hydroxylation is 4. The molecule has 0 aliphatic rings. The Bertz CT molecular complexity index is 897. The lowest BCUT2D eigenvalue weighted by atomic mass is 10.4. The van der Waals surface area contributed by atoms with Gasteiger partial charge in [0.05, 0.1) is 11.4 Å². The maximum atomic E-state index is 12.3. The highest BCUT2D eigenvalue weighted by molar-refractivity contribution is 7.99. The first-order valence-corrected chi connectivity index (χ1v) is 8.45. The summed E-state index contributed by atoms with van der Waals surface area (Å²) in [5.74, 6) is 0.917. The van der Waals surface area contributed by atoms with Crippen molar-refractivity contribution in [1.82, 2.24) is 40.0 Å². The van der Waals surface area contributed by atoms with Gasteiger partial charge in [-0.25, -0.2) is 14.6 Å². The van der Waals surface area contributed by atoms with Crippen LogP contribution in [0.1, 0.15) is 17.1 Å². The van der Waals surface area contributed by atoms with Gasteiger partial charge in [0.25, 0.3) is 5.95 Å². The third-order valence-electron chi connectivity index (χ3n) is 3.17. The molecule has 3 aromatic heterocycles. The van der Waals surface area contributed by atoms with E-state index in [1.807, 2.05) is 26.8 Å². The molecule has 25 heavy (non-hydrogen) atoms. The van der Waals surface area contributed by atoms with Gasteiger partial charge in [-0.05, 0) is 37.3 Å². The molecule has 0 unspecified atom stereocenters. The molecule has 0 saturated heterocycles. The minimum Gasteiger partial charge on any atom is -0.310 e. The Labute approximate surface area is 148 Å². The molecule has 3 heterocycles. The van der Waals surface area contributed by atoms with Gasteiger partial charge in [-0.3, -0.25) is 4.79 Å². The van der Waals surface area contributed by atoms with Crippen LogP contribution in [0.3, 0.4) is 0 Å². The predicted octanol–water partition coefficient (Wildman–Crippen LogP) is 0.842. The topological polar surface area (TPSA) is 116 Å². The zero-order chi connectivity index (χ0) is 18.0. The van der Waals surface area contributed by atoms with Gasteiger partial charge in [0.15, 0.2) is 0 Å². The van der Waals surface area contributed by atoms with Crippen molar-refractivity contribution in [3.8, 4) is 5.95 Å². The van der Waals surface area contributed by atoms with Gasteiger partial charge < -0.3 is 5.32 Å². The Hall–Kier alpha value is -2.82. The van der Waals surface area contributed by atoms with Gasteiger partial charge in [0.1, 0.15) is 5.82 Å². The van der Waals surface area contributed by atoms with Crippen molar-refractivity contribution < 1.29 is 4.79 Å². The van der Waals surface area contributed by atoms with Gasteiger partial charge in [-0.1, -0.05) is 11.8 Å². The molecule has 10 nitrogen and oxygen atoms in total. The number of nitrogens with one attached hydrogen (secondary N) is 1. The van der Waals surface area contributed by atoms with E-state index >= 15 is 0 Å². The number of carbonyl (C=O) groups excluding carboxylic acids is 1. The first-order chi connectivity index (χ1) is 11.9. The molecule has 11 heteroatoms. The lowest BCUT2D eigenvalue weighted by Gasteiger charge is -2.08. The molecule has 0 radical (unpaired) electrons. The molecular weight excluding hydrogens is 342 g/mol. The van der Waals surface area contributed by atoms with Gasteiger partial charge in [-0.15, -0.1) is 5.10 Å². The van der Waals surface area contributed by atoms with E-state index in [4.69, 9.17) is 0 Å².